The molecular formula is C24H26N2O2. The molecule has 3 rings (SSSR count). The molecule has 0 atom stereocenters. The molecule has 0 fully saturated rings. The Labute approximate surface area is 166 Å². The van der Waals surface area contributed by atoms with Crippen molar-refractivity contribution in [3.05, 3.63) is 78.4 Å². The molecule has 0 aliphatic rings. The highest BCUT2D eigenvalue weighted by atomic mass is 16.5. The van der Waals surface area contributed by atoms with E-state index >= 15 is 0 Å². The number of hydrogen-bond donors (Lipinski definition) is 1. The lowest BCUT2D eigenvalue weighted by Crippen LogP contribution is -2.26. The topological polar surface area (TPSA) is 50.7 Å². The zero-order chi connectivity index (χ0) is 19.6. The molecule has 0 bridgehead atoms. The van der Waals surface area contributed by atoms with Crippen LogP contribution < -0.4 is 10.2 Å². The zero-order valence-corrected chi connectivity index (χ0v) is 16.2. The number of nitrogens with zero attached hydrogens (tertiary/aromatic N) is 1. The van der Waals surface area contributed by atoms with Crippen LogP contribution in [0.4, 0.5) is 0 Å². The summed E-state index contributed by atoms with van der Waals surface area (Å²) >= 11 is 0. The Hall–Kier alpha value is -3.14. The average Bonchev–Trinajstić information content (AvgIpc) is 2.75. The van der Waals surface area contributed by atoms with Crippen LogP contribution in [-0.4, -0.2) is 18.2 Å². The van der Waals surface area contributed by atoms with E-state index in [4.69, 9.17) is 4.74 Å². The number of benzene rings is 3. The van der Waals surface area contributed by atoms with Gasteiger partial charge in [0.25, 0.3) is 5.91 Å². The minimum atomic E-state index is -0.267. The lowest BCUT2D eigenvalue weighted by molar-refractivity contribution is -0.123. The van der Waals surface area contributed by atoms with Crippen LogP contribution in [0, 0.1) is 0 Å². The van der Waals surface area contributed by atoms with Gasteiger partial charge in [-0.15, -0.1) is 0 Å². The summed E-state index contributed by atoms with van der Waals surface area (Å²) in [6.07, 6.45) is 4.18. The van der Waals surface area contributed by atoms with E-state index in [-0.39, 0.29) is 12.5 Å². The summed E-state index contributed by atoms with van der Waals surface area (Å²) in [6, 6.07) is 23.8. The predicted molar refractivity (Wildman–Crippen MR) is 115 cm³/mol. The molecular weight excluding hydrogens is 348 g/mol. The summed E-state index contributed by atoms with van der Waals surface area (Å²) in [5, 5.41) is 6.59. The molecule has 0 saturated heterocycles. The maximum Gasteiger partial charge on any atom is 0.277 e. The summed E-state index contributed by atoms with van der Waals surface area (Å²) in [4.78, 5) is 12.2. The Morgan fingerprint density at radius 2 is 1.68 bits per heavy atom. The minimum Gasteiger partial charge on any atom is -0.484 e. The number of ether oxygens (including phenoxy) is 1. The largest absolute Gasteiger partial charge is 0.484 e. The van der Waals surface area contributed by atoms with Gasteiger partial charge < -0.3 is 4.74 Å². The molecule has 144 valence electrons. The maximum atomic E-state index is 12.2. The summed E-state index contributed by atoms with van der Waals surface area (Å²) in [6.45, 7) is 2.10. The molecule has 0 spiro atoms. The lowest BCUT2D eigenvalue weighted by Gasteiger charge is -2.09. The van der Waals surface area contributed by atoms with E-state index in [1.54, 1.807) is 0 Å². The molecule has 1 amide bonds. The van der Waals surface area contributed by atoms with Crippen LogP contribution >= 0.6 is 0 Å². The van der Waals surface area contributed by atoms with Crippen LogP contribution in [0.15, 0.2) is 77.9 Å². The standard InChI is InChI=1S/C24H26N2O2/c1-2-3-5-14-23(20-11-6-4-7-12-20)25-26-24(27)18-28-22-16-15-19-10-8-9-13-21(19)17-22/h4,6-13,15-17H,2-3,5,14,18H2,1H3,(H,26,27). The van der Waals surface area contributed by atoms with E-state index in [1.807, 2.05) is 72.8 Å². The van der Waals surface area contributed by atoms with Crippen molar-refractivity contribution in [2.75, 3.05) is 6.61 Å². The van der Waals surface area contributed by atoms with Gasteiger partial charge in [-0.05, 0) is 41.3 Å². The second kappa shape index (κ2) is 10.3. The third kappa shape index (κ3) is 5.68. The van der Waals surface area contributed by atoms with Crippen LogP contribution in [0.3, 0.4) is 0 Å². The van der Waals surface area contributed by atoms with Crippen molar-refractivity contribution >= 4 is 22.4 Å². The molecule has 4 heteroatoms. The van der Waals surface area contributed by atoms with Crippen molar-refractivity contribution in [3.63, 3.8) is 0 Å². The fourth-order valence-electron chi connectivity index (χ4n) is 3.01. The van der Waals surface area contributed by atoms with Gasteiger partial charge in [-0.3, -0.25) is 4.79 Å². The molecule has 0 unspecified atom stereocenters. The Balaban J connectivity index is 1.59. The first kappa shape index (κ1) is 19.6. The number of fused-ring (bicyclic) bond motifs is 1. The Morgan fingerprint density at radius 1 is 0.929 bits per heavy atom. The lowest BCUT2D eigenvalue weighted by atomic mass is 10.0. The van der Waals surface area contributed by atoms with Gasteiger partial charge in [0.2, 0.25) is 0 Å². The van der Waals surface area contributed by atoms with Gasteiger partial charge in [0.15, 0.2) is 6.61 Å². The van der Waals surface area contributed by atoms with Gasteiger partial charge >= 0.3 is 0 Å². The van der Waals surface area contributed by atoms with Crippen molar-refractivity contribution in [1.29, 1.82) is 0 Å². The van der Waals surface area contributed by atoms with E-state index in [0.29, 0.717) is 5.75 Å². The Bertz CT molecular complexity index is 936. The van der Waals surface area contributed by atoms with Crippen LogP contribution in [0.2, 0.25) is 0 Å². The summed E-state index contributed by atoms with van der Waals surface area (Å²) in [5.74, 6) is 0.404. The Morgan fingerprint density at radius 3 is 2.46 bits per heavy atom. The highest BCUT2D eigenvalue weighted by Gasteiger charge is 2.06. The minimum absolute atomic E-state index is 0.0706. The highest BCUT2D eigenvalue weighted by molar-refractivity contribution is 6.01. The average molecular weight is 374 g/mol. The number of rotatable bonds is 9. The SMILES string of the molecule is CCCCCC(=NNC(=O)COc1ccc2ccccc2c1)c1ccccc1. The fourth-order valence-corrected chi connectivity index (χ4v) is 3.01. The molecule has 0 aliphatic carbocycles. The highest BCUT2D eigenvalue weighted by Crippen LogP contribution is 2.20. The predicted octanol–water partition coefficient (Wildman–Crippen LogP) is 5.32. The summed E-state index contributed by atoms with van der Waals surface area (Å²) in [5.41, 5.74) is 4.57. The molecule has 4 nitrogen and oxygen atoms in total. The summed E-state index contributed by atoms with van der Waals surface area (Å²) < 4.78 is 5.63. The second-order valence-electron chi connectivity index (χ2n) is 6.71. The van der Waals surface area contributed by atoms with E-state index in [0.717, 1.165) is 47.7 Å². The van der Waals surface area contributed by atoms with Crippen molar-refractivity contribution in [1.82, 2.24) is 5.43 Å². The number of hydrogen-bond acceptors (Lipinski definition) is 3. The van der Waals surface area contributed by atoms with Crippen LogP contribution in [0.1, 0.15) is 38.2 Å². The number of unbranched alkanes of at least 4 members (excludes halogenated alkanes) is 2. The van der Waals surface area contributed by atoms with Crippen molar-refractivity contribution < 1.29 is 9.53 Å². The van der Waals surface area contributed by atoms with E-state index in [9.17, 15) is 4.79 Å². The van der Waals surface area contributed by atoms with Crippen LogP contribution in [-0.2, 0) is 4.79 Å². The molecule has 3 aromatic rings. The monoisotopic (exact) mass is 374 g/mol. The second-order valence-corrected chi connectivity index (χ2v) is 6.71. The normalized spacial score (nSPS) is 11.4. The van der Waals surface area contributed by atoms with E-state index in [2.05, 4.69) is 17.5 Å². The molecule has 0 saturated carbocycles. The number of amides is 1. The molecule has 0 radical (unpaired) electrons. The van der Waals surface area contributed by atoms with Crippen LogP contribution in [0.25, 0.3) is 10.8 Å². The molecule has 28 heavy (non-hydrogen) atoms. The first-order chi connectivity index (χ1) is 13.8. The van der Waals surface area contributed by atoms with Gasteiger partial charge in [0.05, 0.1) is 5.71 Å². The third-order valence-corrected chi connectivity index (χ3v) is 4.53. The van der Waals surface area contributed by atoms with Crippen molar-refractivity contribution in [2.24, 2.45) is 5.10 Å². The van der Waals surface area contributed by atoms with Gasteiger partial charge in [-0.1, -0.05) is 80.4 Å². The summed E-state index contributed by atoms with van der Waals surface area (Å²) in [7, 11) is 0. The molecule has 0 heterocycles. The Kier molecular flexibility index (Phi) is 7.19. The van der Waals surface area contributed by atoms with Gasteiger partial charge in [-0.2, -0.15) is 5.10 Å². The number of carbonyl (C=O) groups is 1. The quantitative estimate of drug-likeness (QED) is 0.313. The first-order valence-corrected chi connectivity index (χ1v) is 9.78. The van der Waals surface area contributed by atoms with Crippen LogP contribution in [0.5, 0.6) is 5.75 Å². The molecule has 3 aromatic carbocycles. The molecule has 0 aliphatic heterocycles. The smallest absolute Gasteiger partial charge is 0.277 e. The van der Waals surface area contributed by atoms with Gasteiger partial charge in [0.1, 0.15) is 5.75 Å². The number of hydrazone groups is 1. The first-order valence-electron chi connectivity index (χ1n) is 9.78. The maximum absolute atomic E-state index is 12.2. The van der Waals surface area contributed by atoms with Gasteiger partial charge in [-0.25, -0.2) is 5.43 Å². The van der Waals surface area contributed by atoms with Gasteiger partial charge in [0, 0.05) is 0 Å². The molecule has 1 N–H and O–H groups in total. The van der Waals surface area contributed by atoms with Crippen molar-refractivity contribution in [3.8, 4) is 5.75 Å². The number of carbonyl (C=O) groups excluding carboxylic acids is 1. The van der Waals surface area contributed by atoms with Crippen molar-refractivity contribution in [2.45, 2.75) is 32.6 Å². The zero-order valence-electron chi connectivity index (χ0n) is 16.2. The fraction of sp³-hybridized carbons (Fsp3) is 0.250. The number of nitrogens with one attached hydrogen (secondary N) is 1. The third-order valence-electron chi connectivity index (χ3n) is 4.53. The van der Waals surface area contributed by atoms with E-state index < -0.39 is 0 Å². The molecule has 0 aromatic heterocycles. The van der Waals surface area contributed by atoms with E-state index in [1.165, 1.54) is 0 Å².